The average molecular weight is 335 g/mol. The van der Waals surface area contributed by atoms with Crippen molar-refractivity contribution in [2.75, 3.05) is 13.1 Å². The molecule has 0 bridgehead atoms. The molecule has 1 aromatic rings. The first-order chi connectivity index (χ1) is 11.1. The Morgan fingerprint density at radius 1 is 1.25 bits per heavy atom. The fraction of sp³-hybridized carbons (Fsp3) is 0.500. The Labute approximate surface area is 139 Å². The highest BCUT2D eigenvalue weighted by Gasteiger charge is 2.41. The molecular formula is C16H19N2O6-. The first kappa shape index (κ1) is 17.7. The molecule has 0 aromatic heterocycles. The van der Waals surface area contributed by atoms with Gasteiger partial charge in [-0.1, -0.05) is 18.2 Å². The van der Waals surface area contributed by atoms with E-state index < -0.39 is 34.4 Å². The fourth-order valence-corrected chi connectivity index (χ4v) is 2.80. The second-order valence-corrected chi connectivity index (χ2v) is 6.73. The SMILES string of the molecule is CC(C)(C)OC(=O)N1C[C@@H](C(=O)[O-])[C@H](c2ccccc2[N+](=O)[O-])C1. The zero-order valence-electron chi connectivity index (χ0n) is 13.7. The Kier molecular flexibility index (Phi) is 4.77. The average Bonchev–Trinajstić information content (AvgIpc) is 2.90. The molecule has 2 atom stereocenters. The highest BCUT2D eigenvalue weighted by molar-refractivity contribution is 5.75. The zero-order chi connectivity index (χ0) is 18.1. The zero-order valence-corrected chi connectivity index (χ0v) is 13.7. The van der Waals surface area contributed by atoms with Crippen LogP contribution in [0.15, 0.2) is 24.3 Å². The molecule has 0 unspecified atom stereocenters. The van der Waals surface area contributed by atoms with Crippen molar-refractivity contribution >= 4 is 17.7 Å². The number of rotatable bonds is 3. The minimum Gasteiger partial charge on any atom is -0.550 e. The lowest BCUT2D eigenvalue weighted by molar-refractivity contribution is -0.385. The number of hydrogen-bond donors (Lipinski definition) is 0. The number of amides is 1. The maximum atomic E-state index is 12.2. The standard InChI is InChI=1S/C16H20N2O6/c1-16(2,3)24-15(21)17-8-11(12(9-17)14(19)20)10-6-4-5-7-13(10)18(22)23/h4-7,11-12H,8-9H2,1-3H3,(H,19,20)/p-1/t11-,12+/m0/s1. The number of carboxylic acids is 1. The summed E-state index contributed by atoms with van der Waals surface area (Å²) in [6, 6.07) is 5.94. The number of nitro benzene ring substituents is 1. The van der Waals surface area contributed by atoms with Crippen LogP contribution < -0.4 is 5.11 Å². The van der Waals surface area contributed by atoms with Gasteiger partial charge in [0.2, 0.25) is 0 Å². The van der Waals surface area contributed by atoms with Gasteiger partial charge in [-0.2, -0.15) is 0 Å². The van der Waals surface area contributed by atoms with E-state index in [2.05, 4.69) is 0 Å². The molecule has 0 spiro atoms. The number of carbonyl (C=O) groups excluding carboxylic acids is 2. The van der Waals surface area contributed by atoms with Crippen molar-refractivity contribution in [1.82, 2.24) is 4.90 Å². The van der Waals surface area contributed by atoms with E-state index in [1.807, 2.05) is 0 Å². The molecule has 1 aliphatic heterocycles. The van der Waals surface area contributed by atoms with Gasteiger partial charge in [-0.05, 0) is 20.8 Å². The number of nitro groups is 1. The maximum absolute atomic E-state index is 12.2. The van der Waals surface area contributed by atoms with Gasteiger partial charge in [0.1, 0.15) is 5.60 Å². The van der Waals surface area contributed by atoms with E-state index in [1.165, 1.54) is 23.1 Å². The van der Waals surface area contributed by atoms with Crippen LogP contribution in [0.2, 0.25) is 0 Å². The molecule has 1 aliphatic rings. The van der Waals surface area contributed by atoms with Gasteiger partial charge in [0.05, 0.1) is 4.92 Å². The van der Waals surface area contributed by atoms with Crippen molar-refractivity contribution in [2.24, 2.45) is 5.92 Å². The normalized spacial score (nSPS) is 20.7. The largest absolute Gasteiger partial charge is 0.550 e. The number of hydrogen-bond acceptors (Lipinski definition) is 6. The van der Waals surface area contributed by atoms with E-state index in [4.69, 9.17) is 4.74 Å². The summed E-state index contributed by atoms with van der Waals surface area (Å²) in [6.45, 7) is 5.04. The van der Waals surface area contributed by atoms with Gasteiger partial charge in [-0.3, -0.25) is 10.1 Å². The summed E-state index contributed by atoms with van der Waals surface area (Å²) in [5.41, 5.74) is -0.604. The monoisotopic (exact) mass is 335 g/mol. The Balaban J connectivity index is 2.31. The topological polar surface area (TPSA) is 113 Å². The highest BCUT2D eigenvalue weighted by atomic mass is 16.6. The molecule has 0 saturated carbocycles. The second kappa shape index (κ2) is 6.46. The molecule has 1 saturated heterocycles. The van der Waals surface area contributed by atoms with Crippen molar-refractivity contribution in [3.8, 4) is 0 Å². The van der Waals surface area contributed by atoms with Crippen LogP contribution in [0.4, 0.5) is 10.5 Å². The number of para-hydroxylation sites is 1. The van der Waals surface area contributed by atoms with Gasteiger partial charge in [0, 0.05) is 42.5 Å². The lowest BCUT2D eigenvalue weighted by Gasteiger charge is -2.24. The lowest BCUT2D eigenvalue weighted by atomic mass is 9.88. The fourth-order valence-electron chi connectivity index (χ4n) is 2.80. The number of aliphatic carboxylic acids is 1. The van der Waals surface area contributed by atoms with E-state index in [-0.39, 0.29) is 24.3 Å². The van der Waals surface area contributed by atoms with Crippen LogP contribution in [0.25, 0.3) is 0 Å². The summed E-state index contributed by atoms with van der Waals surface area (Å²) in [5, 5.41) is 22.7. The Bertz CT molecular complexity index is 667. The van der Waals surface area contributed by atoms with E-state index in [0.29, 0.717) is 0 Å². The van der Waals surface area contributed by atoms with Gasteiger partial charge in [0.15, 0.2) is 0 Å². The molecule has 1 heterocycles. The summed E-state index contributed by atoms with van der Waals surface area (Å²) < 4.78 is 5.25. The molecule has 2 rings (SSSR count). The maximum Gasteiger partial charge on any atom is 0.410 e. The third kappa shape index (κ3) is 3.81. The number of likely N-dealkylation sites (tertiary alicyclic amines) is 1. The molecule has 24 heavy (non-hydrogen) atoms. The van der Waals surface area contributed by atoms with Crippen molar-refractivity contribution in [2.45, 2.75) is 32.3 Å². The summed E-state index contributed by atoms with van der Waals surface area (Å²) in [7, 11) is 0. The van der Waals surface area contributed by atoms with Crippen molar-refractivity contribution in [3.05, 3.63) is 39.9 Å². The first-order valence-corrected chi connectivity index (χ1v) is 7.52. The van der Waals surface area contributed by atoms with E-state index in [0.717, 1.165) is 0 Å². The van der Waals surface area contributed by atoms with E-state index in [9.17, 15) is 24.8 Å². The molecule has 1 fully saturated rings. The summed E-state index contributed by atoms with van der Waals surface area (Å²) >= 11 is 0. The molecule has 0 N–H and O–H groups in total. The molecule has 130 valence electrons. The molecule has 1 amide bonds. The summed E-state index contributed by atoms with van der Waals surface area (Å²) in [5.74, 6) is -3.09. The number of benzene rings is 1. The van der Waals surface area contributed by atoms with Crippen LogP contribution >= 0.6 is 0 Å². The third-order valence-electron chi connectivity index (χ3n) is 3.81. The highest BCUT2D eigenvalue weighted by Crippen LogP contribution is 2.37. The number of carbonyl (C=O) groups is 2. The Morgan fingerprint density at radius 3 is 2.42 bits per heavy atom. The molecular weight excluding hydrogens is 316 g/mol. The molecule has 8 nitrogen and oxygen atoms in total. The van der Waals surface area contributed by atoms with Crippen LogP contribution in [-0.4, -0.2) is 40.6 Å². The predicted molar refractivity (Wildman–Crippen MR) is 82.1 cm³/mol. The summed E-state index contributed by atoms with van der Waals surface area (Å²) in [6.07, 6.45) is -0.644. The van der Waals surface area contributed by atoms with E-state index in [1.54, 1.807) is 26.8 Å². The van der Waals surface area contributed by atoms with Crippen molar-refractivity contribution < 1.29 is 24.4 Å². The minimum absolute atomic E-state index is 0.0262. The Morgan fingerprint density at radius 2 is 1.88 bits per heavy atom. The summed E-state index contributed by atoms with van der Waals surface area (Å²) in [4.78, 5) is 35.5. The number of carboxylic acid groups (broad SMARTS) is 1. The quantitative estimate of drug-likeness (QED) is 0.607. The van der Waals surface area contributed by atoms with Crippen LogP contribution in [0.3, 0.4) is 0 Å². The van der Waals surface area contributed by atoms with Gasteiger partial charge in [-0.25, -0.2) is 4.79 Å². The van der Waals surface area contributed by atoms with Crippen molar-refractivity contribution in [1.29, 1.82) is 0 Å². The van der Waals surface area contributed by atoms with Gasteiger partial charge in [0.25, 0.3) is 5.69 Å². The van der Waals surface area contributed by atoms with Crippen LogP contribution in [-0.2, 0) is 9.53 Å². The van der Waals surface area contributed by atoms with Crippen LogP contribution in [0.1, 0.15) is 32.3 Å². The van der Waals surface area contributed by atoms with Crippen molar-refractivity contribution in [3.63, 3.8) is 0 Å². The van der Waals surface area contributed by atoms with E-state index >= 15 is 0 Å². The van der Waals surface area contributed by atoms with Gasteiger partial charge >= 0.3 is 6.09 Å². The molecule has 1 aromatic carbocycles. The molecule has 0 radical (unpaired) electrons. The van der Waals surface area contributed by atoms with Crippen LogP contribution in [0.5, 0.6) is 0 Å². The smallest absolute Gasteiger partial charge is 0.410 e. The predicted octanol–water partition coefficient (Wildman–Crippen LogP) is 1.30. The van der Waals surface area contributed by atoms with Gasteiger partial charge < -0.3 is 19.5 Å². The first-order valence-electron chi connectivity index (χ1n) is 7.52. The third-order valence-corrected chi connectivity index (χ3v) is 3.81. The Hall–Kier alpha value is -2.64. The van der Waals surface area contributed by atoms with Gasteiger partial charge in [-0.15, -0.1) is 0 Å². The minimum atomic E-state index is -1.34. The van der Waals surface area contributed by atoms with Crippen LogP contribution in [0, 0.1) is 16.0 Å². The molecule has 8 heteroatoms. The second-order valence-electron chi connectivity index (χ2n) is 6.73. The number of nitrogens with zero attached hydrogens (tertiary/aromatic N) is 2. The molecule has 0 aliphatic carbocycles. The number of ether oxygens (including phenoxy) is 1. The lowest BCUT2D eigenvalue weighted by Crippen LogP contribution is -2.38.